The zero-order valence-electron chi connectivity index (χ0n) is 11.6. The maximum atomic E-state index is 12.7. The predicted molar refractivity (Wildman–Crippen MR) is 85.2 cm³/mol. The Hall–Kier alpha value is -2.00. The molecule has 1 fully saturated rings. The van der Waals surface area contributed by atoms with Crippen LogP contribution in [0.15, 0.2) is 48.5 Å². The number of hydrogen-bond donors (Lipinski definition) is 1. The highest BCUT2D eigenvalue weighted by Crippen LogP contribution is 2.30. The largest absolute Gasteiger partial charge is 0.399 e. The van der Waals surface area contributed by atoms with E-state index in [-0.39, 0.29) is 5.91 Å². The normalized spacial score (nSPS) is 14.0. The minimum atomic E-state index is 0.0611. The maximum absolute atomic E-state index is 12.7. The molecule has 3 nitrogen and oxygen atoms in total. The number of carbonyl (C=O) groups excluding carboxylic acids is 1. The van der Waals surface area contributed by atoms with Crippen LogP contribution in [0.1, 0.15) is 28.8 Å². The van der Waals surface area contributed by atoms with E-state index in [4.69, 9.17) is 17.3 Å². The Bertz CT molecular complexity index is 633. The predicted octanol–water partition coefficient (Wildman–Crippen LogP) is 3.73. The minimum Gasteiger partial charge on any atom is -0.399 e. The van der Waals surface area contributed by atoms with Crippen LogP contribution in [0.4, 0.5) is 5.69 Å². The Morgan fingerprint density at radius 1 is 1.10 bits per heavy atom. The highest BCUT2D eigenvalue weighted by Gasteiger charge is 2.32. The van der Waals surface area contributed by atoms with Gasteiger partial charge >= 0.3 is 0 Å². The Balaban J connectivity index is 1.79. The molecule has 0 aromatic heterocycles. The number of nitrogens with two attached hydrogens (primary N) is 1. The summed E-state index contributed by atoms with van der Waals surface area (Å²) >= 11 is 5.88. The zero-order valence-corrected chi connectivity index (χ0v) is 12.4. The van der Waals surface area contributed by atoms with Crippen LogP contribution in [0.2, 0.25) is 5.02 Å². The van der Waals surface area contributed by atoms with Crippen LogP contribution >= 0.6 is 11.6 Å². The SMILES string of the molecule is Nc1ccc(CN(C(=O)c2ccc(Cl)cc2)C2CC2)cc1. The summed E-state index contributed by atoms with van der Waals surface area (Å²) in [4.78, 5) is 14.6. The quantitative estimate of drug-likeness (QED) is 0.875. The second-order valence-corrected chi connectivity index (χ2v) is 5.85. The molecule has 0 aliphatic heterocycles. The van der Waals surface area contributed by atoms with Gasteiger partial charge in [-0.15, -0.1) is 0 Å². The van der Waals surface area contributed by atoms with Crippen molar-refractivity contribution in [3.8, 4) is 0 Å². The first-order valence-corrected chi connectivity index (χ1v) is 7.42. The summed E-state index contributed by atoms with van der Waals surface area (Å²) in [6.07, 6.45) is 2.16. The number of rotatable bonds is 4. The molecule has 21 heavy (non-hydrogen) atoms. The molecule has 0 radical (unpaired) electrons. The van der Waals surface area contributed by atoms with Crippen molar-refractivity contribution in [2.45, 2.75) is 25.4 Å². The average Bonchev–Trinajstić information content (AvgIpc) is 3.31. The van der Waals surface area contributed by atoms with Gasteiger partial charge in [-0.25, -0.2) is 0 Å². The Labute approximate surface area is 129 Å². The van der Waals surface area contributed by atoms with Gasteiger partial charge in [-0.1, -0.05) is 23.7 Å². The van der Waals surface area contributed by atoms with Crippen molar-refractivity contribution in [2.75, 3.05) is 5.73 Å². The lowest BCUT2D eigenvalue weighted by atomic mass is 10.1. The lowest BCUT2D eigenvalue weighted by Gasteiger charge is -2.23. The highest BCUT2D eigenvalue weighted by molar-refractivity contribution is 6.30. The van der Waals surface area contributed by atoms with Gasteiger partial charge in [0.05, 0.1) is 0 Å². The van der Waals surface area contributed by atoms with E-state index in [1.807, 2.05) is 29.2 Å². The number of nitrogen functional groups attached to an aromatic ring is 1. The number of anilines is 1. The van der Waals surface area contributed by atoms with Crippen molar-refractivity contribution < 1.29 is 4.79 Å². The molecule has 3 rings (SSSR count). The zero-order chi connectivity index (χ0) is 14.8. The molecule has 0 unspecified atom stereocenters. The molecule has 1 amide bonds. The molecule has 1 saturated carbocycles. The molecular formula is C17H17ClN2O. The second kappa shape index (κ2) is 5.78. The summed E-state index contributed by atoms with van der Waals surface area (Å²) in [5.74, 6) is 0.0611. The maximum Gasteiger partial charge on any atom is 0.254 e. The standard InChI is InChI=1S/C17H17ClN2O/c18-14-5-3-13(4-6-14)17(21)20(16-9-10-16)11-12-1-7-15(19)8-2-12/h1-8,16H,9-11,19H2. The molecule has 0 spiro atoms. The molecule has 2 aromatic rings. The van der Waals surface area contributed by atoms with Crippen molar-refractivity contribution >= 4 is 23.2 Å². The van der Waals surface area contributed by atoms with E-state index in [0.29, 0.717) is 23.2 Å². The van der Waals surface area contributed by atoms with Gasteiger partial charge in [0.25, 0.3) is 5.91 Å². The minimum absolute atomic E-state index is 0.0611. The van der Waals surface area contributed by atoms with Crippen LogP contribution in [0.25, 0.3) is 0 Å². The van der Waals surface area contributed by atoms with Crippen LogP contribution in [0, 0.1) is 0 Å². The van der Waals surface area contributed by atoms with Gasteiger partial charge in [0, 0.05) is 28.9 Å². The number of nitrogens with zero attached hydrogens (tertiary/aromatic N) is 1. The van der Waals surface area contributed by atoms with E-state index in [0.717, 1.165) is 24.1 Å². The molecule has 0 atom stereocenters. The molecular weight excluding hydrogens is 284 g/mol. The van der Waals surface area contributed by atoms with Crippen LogP contribution < -0.4 is 5.73 Å². The number of carbonyl (C=O) groups is 1. The molecule has 1 aliphatic rings. The fraction of sp³-hybridized carbons (Fsp3) is 0.235. The van der Waals surface area contributed by atoms with Crippen molar-refractivity contribution in [3.05, 3.63) is 64.7 Å². The molecule has 2 N–H and O–H groups in total. The highest BCUT2D eigenvalue weighted by atomic mass is 35.5. The lowest BCUT2D eigenvalue weighted by molar-refractivity contribution is 0.0730. The van der Waals surface area contributed by atoms with Gasteiger partial charge in [0.2, 0.25) is 0 Å². The first-order chi connectivity index (χ1) is 10.1. The fourth-order valence-electron chi connectivity index (χ4n) is 2.33. The number of benzene rings is 2. The molecule has 0 bridgehead atoms. The number of hydrogen-bond acceptors (Lipinski definition) is 2. The first kappa shape index (κ1) is 14.0. The summed E-state index contributed by atoms with van der Waals surface area (Å²) in [6, 6.07) is 15.1. The van der Waals surface area contributed by atoms with E-state index >= 15 is 0 Å². The van der Waals surface area contributed by atoms with Crippen molar-refractivity contribution in [1.82, 2.24) is 4.90 Å². The Morgan fingerprint density at radius 2 is 1.71 bits per heavy atom. The summed E-state index contributed by atoms with van der Waals surface area (Å²) in [6.45, 7) is 0.617. The summed E-state index contributed by atoms with van der Waals surface area (Å²) in [5.41, 5.74) is 8.22. The molecule has 4 heteroatoms. The monoisotopic (exact) mass is 300 g/mol. The third-order valence-electron chi connectivity index (χ3n) is 3.67. The van der Waals surface area contributed by atoms with E-state index in [9.17, 15) is 4.79 Å². The average molecular weight is 301 g/mol. The number of amides is 1. The van der Waals surface area contributed by atoms with Crippen molar-refractivity contribution in [2.24, 2.45) is 0 Å². The van der Waals surface area contributed by atoms with Crippen molar-refractivity contribution in [1.29, 1.82) is 0 Å². The van der Waals surface area contributed by atoms with Crippen LogP contribution in [0.5, 0.6) is 0 Å². The summed E-state index contributed by atoms with van der Waals surface area (Å²) < 4.78 is 0. The molecule has 0 heterocycles. The van der Waals surface area contributed by atoms with Crippen LogP contribution in [-0.4, -0.2) is 16.8 Å². The van der Waals surface area contributed by atoms with E-state index < -0.39 is 0 Å². The van der Waals surface area contributed by atoms with Crippen LogP contribution in [-0.2, 0) is 6.54 Å². The molecule has 108 valence electrons. The second-order valence-electron chi connectivity index (χ2n) is 5.41. The van der Waals surface area contributed by atoms with Gasteiger partial charge in [-0.05, 0) is 54.8 Å². The summed E-state index contributed by atoms with van der Waals surface area (Å²) in [5, 5.41) is 0.642. The van der Waals surface area contributed by atoms with Gasteiger partial charge in [-0.3, -0.25) is 4.79 Å². The third-order valence-corrected chi connectivity index (χ3v) is 3.92. The van der Waals surface area contributed by atoms with E-state index in [1.165, 1.54) is 0 Å². The van der Waals surface area contributed by atoms with Crippen molar-refractivity contribution in [3.63, 3.8) is 0 Å². The first-order valence-electron chi connectivity index (χ1n) is 7.04. The van der Waals surface area contributed by atoms with Gasteiger partial charge in [0.15, 0.2) is 0 Å². The summed E-state index contributed by atoms with van der Waals surface area (Å²) in [7, 11) is 0. The molecule has 2 aromatic carbocycles. The lowest BCUT2D eigenvalue weighted by Crippen LogP contribution is -2.32. The van der Waals surface area contributed by atoms with Crippen LogP contribution in [0.3, 0.4) is 0 Å². The fourth-order valence-corrected chi connectivity index (χ4v) is 2.46. The molecule has 0 saturated heterocycles. The molecule has 1 aliphatic carbocycles. The van der Waals surface area contributed by atoms with Gasteiger partial charge in [-0.2, -0.15) is 0 Å². The third kappa shape index (κ3) is 3.37. The van der Waals surface area contributed by atoms with Gasteiger partial charge < -0.3 is 10.6 Å². The van der Waals surface area contributed by atoms with Gasteiger partial charge in [0.1, 0.15) is 0 Å². The Kier molecular flexibility index (Phi) is 3.84. The topological polar surface area (TPSA) is 46.3 Å². The smallest absolute Gasteiger partial charge is 0.254 e. The number of halogens is 1. The van der Waals surface area contributed by atoms with E-state index in [1.54, 1.807) is 24.3 Å². The van der Waals surface area contributed by atoms with E-state index in [2.05, 4.69) is 0 Å². The Morgan fingerprint density at radius 3 is 2.29 bits per heavy atom.